The number of aryl methyl sites for hydroxylation is 2. The molecule has 0 aliphatic carbocycles. The maximum atomic E-state index is 6.21. The molecule has 0 bridgehead atoms. The molecule has 0 aliphatic heterocycles. The van der Waals surface area contributed by atoms with Crippen molar-refractivity contribution in [2.24, 2.45) is 0 Å². The third-order valence-electron chi connectivity index (χ3n) is 3.13. The van der Waals surface area contributed by atoms with Crippen LogP contribution in [0, 0.1) is 13.8 Å². The first kappa shape index (κ1) is 14.5. The molecule has 2 heterocycles. The van der Waals surface area contributed by atoms with E-state index in [-0.39, 0.29) is 5.38 Å². The molecule has 0 spiro atoms. The molecule has 19 heavy (non-hydrogen) atoms. The molecule has 1 unspecified atom stereocenters. The van der Waals surface area contributed by atoms with Crippen LogP contribution in [-0.2, 0) is 4.74 Å². The molecule has 6 heteroatoms. The Morgan fingerprint density at radius 1 is 1.42 bits per heavy atom. The summed E-state index contributed by atoms with van der Waals surface area (Å²) in [6.07, 6.45) is 1.61. The quantitative estimate of drug-likeness (QED) is 0.796. The summed E-state index contributed by atoms with van der Waals surface area (Å²) in [7, 11) is 3.66. The molecular weight excluding hydrogens is 282 g/mol. The summed E-state index contributed by atoms with van der Waals surface area (Å²) >= 11 is 7.92. The van der Waals surface area contributed by atoms with E-state index in [1.54, 1.807) is 24.8 Å². The maximum Gasteiger partial charge on any atom is 0.140 e. The van der Waals surface area contributed by atoms with E-state index in [9.17, 15) is 0 Å². The highest BCUT2D eigenvalue weighted by molar-refractivity contribution is 7.18. The molecule has 0 fully saturated rings. The highest BCUT2D eigenvalue weighted by Crippen LogP contribution is 2.33. The van der Waals surface area contributed by atoms with Crippen LogP contribution in [0.3, 0.4) is 0 Å². The number of alkyl halides is 1. The number of thiophene rings is 1. The zero-order valence-electron chi connectivity index (χ0n) is 11.6. The van der Waals surface area contributed by atoms with E-state index in [0.717, 1.165) is 16.0 Å². The first-order valence-corrected chi connectivity index (χ1v) is 7.34. The number of fused-ring (bicyclic) bond motifs is 1. The highest BCUT2D eigenvalue weighted by atomic mass is 35.5. The van der Waals surface area contributed by atoms with Gasteiger partial charge in [-0.1, -0.05) is 0 Å². The van der Waals surface area contributed by atoms with Gasteiger partial charge in [-0.15, -0.1) is 22.9 Å². The number of hydrogen-bond donors (Lipinski definition) is 0. The van der Waals surface area contributed by atoms with Gasteiger partial charge in [0.2, 0.25) is 0 Å². The van der Waals surface area contributed by atoms with Gasteiger partial charge in [0.25, 0.3) is 0 Å². The van der Waals surface area contributed by atoms with Crippen molar-refractivity contribution in [3.05, 3.63) is 16.8 Å². The largest absolute Gasteiger partial charge is 0.383 e. The summed E-state index contributed by atoms with van der Waals surface area (Å²) in [6, 6.07) is 0. The molecule has 0 aliphatic rings. The minimum Gasteiger partial charge on any atom is -0.383 e. The van der Waals surface area contributed by atoms with E-state index in [0.29, 0.717) is 13.2 Å². The summed E-state index contributed by atoms with van der Waals surface area (Å²) in [5.41, 5.74) is 1.25. The van der Waals surface area contributed by atoms with Crippen molar-refractivity contribution in [3.8, 4) is 0 Å². The number of halogens is 1. The van der Waals surface area contributed by atoms with Gasteiger partial charge in [0, 0.05) is 25.6 Å². The predicted octanol–water partition coefficient (Wildman–Crippen LogP) is 3.00. The fraction of sp³-hybridized carbons (Fsp3) is 0.538. The van der Waals surface area contributed by atoms with Crippen molar-refractivity contribution in [1.29, 1.82) is 0 Å². The average molecular weight is 300 g/mol. The Bertz CT molecular complexity index is 572. The summed E-state index contributed by atoms with van der Waals surface area (Å²) in [5, 5.41) is 1.08. The molecule has 0 N–H and O–H groups in total. The zero-order valence-corrected chi connectivity index (χ0v) is 13.2. The molecule has 0 amide bonds. The van der Waals surface area contributed by atoms with Crippen LogP contribution in [0.2, 0.25) is 0 Å². The number of nitrogens with zero attached hydrogens (tertiary/aromatic N) is 3. The van der Waals surface area contributed by atoms with Crippen LogP contribution in [0.4, 0.5) is 5.82 Å². The van der Waals surface area contributed by atoms with Gasteiger partial charge in [0.15, 0.2) is 0 Å². The lowest BCUT2D eigenvalue weighted by Gasteiger charge is -2.21. The van der Waals surface area contributed by atoms with Crippen molar-refractivity contribution in [1.82, 2.24) is 9.97 Å². The van der Waals surface area contributed by atoms with Gasteiger partial charge in [-0.2, -0.15) is 0 Å². The average Bonchev–Trinajstić information content (AvgIpc) is 2.65. The van der Waals surface area contributed by atoms with Crippen LogP contribution in [0.15, 0.2) is 6.33 Å². The molecule has 2 rings (SSSR count). The Morgan fingerprint density at radius 3 is 2.84 bits per heavy atom. The van der Waals surface area contributed by atoms with Crippen molar-refractivity contribution >= 4 is 39.0 Å². The van der Waals surface area contributed by atoms with E-state index in [4.69, 9.17) is 16.3 Å². The van der Waals surface area contributed by atoms with E-state index >= 15 is 0 Å². The van der Waals surface area contributed by atoms with E-state index < -0.39 is 0 Å². The van der Waals surface area contributed by atoms with Gasteiger partial charge in [-0.05, 0) is 19.4 Å². The van der Waals surface area contributed by atoms with Gasteiger partial charge >= 0.3 is 0 Å². The molecule has 1 atom stereocenters. The number of methoxy groups -OCH3 is 1. The number of ether oxygens (including phenoxy) is 1. The van der Waals surface area contributed by atoms with Crippen LogP contribution >= 0.6 is 22.9 Å². The van der Waals surface area contributed by atoms with Gasteiger partial charge in [0.05, 0.1) is 17.4 Å². The summed E-state index contributed by atoms with van der Waals surface area (Å²) in [5.74, 6) is 0.939. The lowest BCUT2D eigenvalue weighted by Crippen LogP contribution is -2.29. The molecular formula is C13H18ClN3OS. The third kappa shape index (κ3) is 2.99. The first-order chi connectivity index (χ1) is 9.04. The summed E-state index contributed by atoms with van der Waals surface area (Å²) in [6.45, 7) is 5.44. The van der Waals surface area contributed by atoms with Crippen molar-refractivity contribution < 1.29 is 4.74 Å². The van der Waals surface area contributed by atoms with Crippen molar-refractivity contribution in [2.75, 3.05) is 32.2 Å². The smallest absolute Gasteiger partial charge is 0.140 e. The Morgan fingerprint density at radius 2 is 2.16 bits per heavy atom. The van der Waals surface area contributed by atoms with E-state index in [1.165, 1.54) is 10.4 Å². The second kappa shape index (κ2) is 6.03. The number of aromatic nitrogens is 2. The number of anilines is 1. The molecule has 2 aromatic heterocycles. The van der Waals surface area contributed by atoms with Crippen LogP contribution < -0.4 is 4.90 Å². The van der Waals surface area contributed by atoms with Crippen molar-refractivity contribution in [3.63, 3.8) is 0 Å². The minimum atomic E-state index is -0.0555. The van der Waals surface area contributed by atoms with E-state index in [1.807, 2.05) is 7.05 Å². The first-order valence-electron chi connectivity index (χ1n) is 6.09. The molecule has 0 saturated carbocycles. The standard InChI is InChI=1S/C13H18ClN3OS/c1-8-9(2)19-13-11(8)12(15-7-16-13)17(3)5-10(14)6-18-4/h7,10H,5-6H2,1-4H3. The SMILES string of the molecule is COCC(Cl)CN(C)c1ncnc2sc(C)c(C)c12. The molecule has 0 saturated heterocycles. The van der Waals surface area contributed by atoms with Gasteiger partial charge in [0.1, 0.15) is 17.0 Å². The van der Waals surface area contributed by atoms with E-state index in [2.05, 4.69) is 28.7 Å². The molecule has 4 nitrogen and oxygen atoms in total. The van der Waals surface area contributed by atoms with Crippen molar-refractivity contribution in [2.45, 2.75) is 19.2 Å². The maximum absolute atomic E-state index is 6.21. The van der Waals surface area contributed by atoms with Crippen LogP contribution in [0.25, 0.3) is 10.2 Å². The lowest BCUT2D eigenvalue weighted by molar-refractivity contribution is 0.199. The van der Waals surface area contributed by atoms with Crippen LogP contribution in [-0.4, -0.2) is 42.7 Å². The van der Waals surface area contributed by atoms with Crippen LogP contribution in [0.5, 0.6) is 0 Å². The predicted molar refractivity (Wildman–Crippen MR) is 81.7 cm³/mol. The monoisotopic (exact) mass is 299 g/mol. The fourth-order valence-corrected chi connectivity index (χ4v) is 3.39. The molecule has 104 valence electrons. The number of hydrogen-bond acceptors (Lipinski definition) is 5. The van der Waals surface area contributed by atoms with Gasteiger partial charge in [-0.3, -0.25) is 0 Å². The summed E-state index contributed by atoms with van der Waals surface area (Å²) in [4.78, 5) is 13.1. The Kier molecular flexibility index (Phi) is 4.60. The zero-order chi connectivity index (χ0) is 14.0. The summed E-state index contributed by atoms with van der Waals surface area (Å²) < 4.78 is 5.07. The second-order valence-electron chi connectivity index (χ2n) is 4.59. The second-order valence-corrected chi connectivity index (χ2v) is 6.41. The highest BCUT2D eigenvalue weighted by Gasteiger charge is 2.16. The topological polar surface area (TPSA) is 38.2 Å². The normalized spacial score (nSPS) is 12.9. The molecule has 0 aromatic carbocycles. The lowest BCUT2D eigenvalue weighted by atomic mass is 10.2. The number of rotatable bonds is 5. The van der Waals surface area contributed by atoms with Gasteiger partial charge in [-0.25, -0.2) is 9.97 Å². The third-order valence-corrected chi connectivity index (χ3v) is 4.51. The molecule has 2 aromatic rings. The van der Waals surface area contributed by atoms with Crippen LogP contribution in [0.1, 0.15) is 10.4 Å². The fourth-order valence-electron chi connectivity index (χ4n) is 2.07. The Balaban J connectivity index is 2.34. The Labute approximate surface area is 122 Å². The van der Waals surface area contributed by atoms with Gasteiger partial charge < -0.3 is 9.64 Å². The minimum absolute atomic E-state index is 0.0555. The molecule has 0 radical (unpaired) electrons. The Hall–Kier alpha value is -0.910.